The van der Waals surface area contributed by atoms with Crippen molar-refractivity contribution in [1.29, 1.82) is 0 Å². The molecule has 2 heterocycles. The molecule has 0 spiro atoms. The van der Waals surface area contributed by atoms with Crippen LogP contribution in [0.3, 0.4) is 0 Å². The van der Waals surface area contributed by atoms with E-state index in [1.807, 2.05) is 67.6 Å². The summed E-state index contributed by atoms with van der Waals surface area (Å²) in [7, 11) is -3.08. The van der Waals surface area contributed by atoms with Gasteiger partial charge in [-0.2, -0.15) is 13.2 Å². The molecule has 10 heteroatoms. The number of hydrogen-bond acceptors (Lipinski definition) is 5. The standard InChI is InChI=1S/C29H27F3N4O2S/c1-19(20-12-14-23(15-13-20)39(38)29(30,31)32)35-17-16-25-24(18-35)27(37)36(28(33)34-25)26(21-8-4-2-5-9-21)22-10-6-3-7-11-22/h2-15,19,26H,16-18H2,1H3,(H2,33,34). The third kappa shape index (κ3) is 5.39. The highest BCUT2D eigenvalue weighted by molar-refractivity contribution is 7.86. The van der Waals surface area contributed by atoms with E-state index in [0.717, 1.165) is 16.7 Å². The first-order valence-corrected chi connectivity index (χ1v) is 13.6. The molecule has 3 aromatic carbocycles. The van der Waals surface area contributed by atoms with E-state index in [1.165, 1.54) is 12.1 Å². The highest BCUT2D eigenvalue weighted by Gasteiger charge is 2.38. The van der Waals surface area contributed by atoms with Crippen molar-refractivity contribution >= 4 is 16.7 Å². The van der Waals surface area contributed by atoms with Crippen molar-refractivity contribution in [2.24, 2.45) is 0 Å². The fourth-order valence-corrected chi connectivity index (χ4v) is 5.74. The quantitative estimate of drug-likeness (QED) is 0.355. The van der Waals surface area contributed by atoms with Crippen LogP contribution in [0, 0.1) is 0 Å². The van der Waals surface area contributed by atoms with Crippen molar-refractivity contribution < 1.29 is 17.4 Å². The molecule has 0 saturated heterocycles. The lowest BCUT2D eigenvalue weighted by atomic mass is 9.97. The first-order chi connectivity index (χ1) is 18.6. The average molecular weight is 553 g/mol. The normalized spacial score (nSPS) is 15.6. The summed E-state index contributed by atoms with van der Waals surface area (Å²) in [5.74, 6) is 0.145. The smallest absolute Gasteiger partial charge is 0.369 e. The topological polar surface area (TPSA) is 81.2 Å². The van der Waals surface area contributed by atoms with Gasteiger partial charge in [0.1, 0.15) is 0 Å². The first kappa shape index (κ1) is 26.8. The van der Waals surface area contributed by atoms with Crippen LogP contribution in [0.15, 0.2) is 94.6 Å². The highest BCUT2D eigenvalue weighted by atomic mass is 32.2. The number of hydrogen-bond donors (Lipinski definition) is 1. The Bertz CT molecular complexity index is 1500. The summed E-state index contributed by atoms with van der Waals surface area (Å²) in [5, 5.41) is 0. The van der Waals surface area contributed by atoms with Gasteiger partial charge in [0.25, 0.3) is 5.56 Å². The molecule has 0 saturated carbocycles. The van der Waals surface area contributed by atoms with Crippen molar-refractivity contribution in [1.82, 2.24) is 14.5 Å². The van der Waals surface area contributed by atoms with Crippen LogP contribution in [0.25, 0.3) is 0 Å². The molecule has 4 aromatic rings. The van der Waals surface area contributed by atoms with E-state index in [0.29, 0.717) is 30.8 Å². The molecule has 5 rings (SSSR count). The molecule has 39 heavy (non-hydrogen) atoms. The van der Waals surface area contributed by atoms with Gasteiger partial charge in [0.05, 0.1) is 17.3 Å². The van der Waals surface area contributed by atoms with Crippen molar-refractivity contribution in [2.45, 2.75) is 42.4 Å². The second-order valence-corrected chi connectivity index (χ2v) is 10.9. The van der Waals surface area contributed by atoms with Crippen LogP contribution >= 0.6 is 0 Å². The van der Waals surface area contributed by atoms with Gasteiger partial charge in [-0.1, -0.05) is 72.8 Å². The van der Waals surface area contributed by atoms with Gasteiger partial charge in [0.15, 0.2) is 10.8 Å². The van der Waals surface area contributed by atoms with Gasteiger partial charge in [-0.25, -0.2) is 9.19 Å². The third-order valence-electron chi connectivity index (χ3n) is 7.14. The molecule has 2 N–H and O–H groups in total. The Hall–Kier alpha value is -3.76. The molecule has 2 unspecified atom stereocenters. The van der Waals surface area contributed by atoms with E-state index in [9.17, 15) is 22.2 Å². The summed E-state index contributed by atoms with van der Waals surface area (Å²) in [6.07, 6.45) is 0.511. The number of nitrogens with zero attached hydrogens (tertiary/aromatic N) is 3. The number of halogens is 3. The molecule has 0 bridgehead atoms. The third-order valence-corrected chi connectivity index (χ3v) is 8.26. The molecule has 1 aromatic heterocycles. The maximum Gasteiger partial charge on any atom is 0.475 e. The number of anilines is 1. The lowest BCUT2D eigenvalue weighted by Gasteiger charge is -2.34. The number of nitrogen functional groups attached to an aromatic ring is 1. The molecule has 0 amide bonds. The maximum atomic E-state index is 14.0. The Morgan fingerprint density at radius 1 is 0.897 bits per heavy atom. The summed E-state index contributed by atoms with van der Waals surface area (Å²) in [4.78, 5) is 20.4. The van der Waals surface area contributed by atoms with Gasteiger partial charge in [-0.3, -0.25) is 14.3 Å². The molecule has 1 aliphatic rings. The fourth-order valence-electron chi connectivity index (χ4n) is 5.09. The predicted octanol–water partition coefficient (Wildman–Crippen LogP) is 5.21. The predicted molar refractivity (Wildman–Crippen MR) is 144 cm³/mol. The Morgan fingerprint density at radius 3 is 2.00 bits per heavy atom. The van der Waals surface area contributed by atoms with Crippen LogP contribution in [-0.2, 0) is 23.8 Å². The lowest BCUT2D eigenvalue weighted by Crippen LogP contribution is -2.41. The molecular formula is C29H27F3N4O2S. The van der Waals surface area contributed by atoms with Gasteiger partial charge in [-0.05, 0) is 35.7 Å². The van der Waals surface area contributed by atoms with E-state index < -0.39 is 22.3 Å². The van der Waals surface area contributed by atoms with Crippen molar-refractivity contribution in [3.63, 3.8) is 0 Å². The fraction of sp³-hybridized carbons (Fsp3) is 0.241. The van der Waals surface area contributed by atoms with Crippen molar-refractivity contribution in [3.05, 3.63) is 123 Å². The molecule has 0 aliphatic carbocycles. The first-order valence-electron chi connectivity index (χ1n) is 12.5. The minimum Gasteiger partial charge on any atom is -0.369 e. The van der Waals surface area contributed by atoms with Crippen LogP contribution in [0.4, 0.5) is 19.1 Å². The van der Waals surface area contributed by atoms with E-state index >= 15 is 0 Å². The number of alkyl halides is 3. The average Bonchev–Trinajstić information content (AvgIpc) is 2.95. The summed E-state index contributed by atoms with van der Waals surface area (Å²) in [5.41, 5.74) is 5.15. The van der Waals surface area contributed by atoms with Crippen molar-refractivity contribution in [2.75, 3.05) is 12.3 Å². The molecule has 6 nitrogen and oxygen atoms in total. The molecular weight excluding hydrogens is 525 g/mol. The second-order valence-electron chi connectivity index (χ2n) is 9.47. The Balaban J connectivity index is 1.49. The number of aromatic nitrogens is 2. The number of nitrogens with two attached hydrogens (primary N) is 1. The largest absolute Gasteiger partial charge is 0.475 e. The summed E-state index contributed by atoms with van der Waals surface area (Å²) < 4.78 is 51.7. The van der Waals surface area contributed by atoms with Crippen molar-refractivity contribution in [3.8, 4) is 0 Å². The molecule has 0 fully saturated rings. The lowest BCUT2D eigenvalue weighted by molar-refractivity contribution is -0.0384. The van der Waals surface area contributed by atoms with Crippen LogP contribution in [0.1, 0.15) is 47.0 Å². The van der Waals surface area contributed by atoms with Crippen LogP contribution < -0.4 is 11.3 Å². The number of rotatable bonds is 6. The maximum absolute atomic E-state index is 14.0. The van der Waals surface area contributed by atoms with Gasteiger partial charge in [-0.15, -0.1) is 0 Å². The zero-order valence-electron chi connectivity index (χ0n) is 21.1. The van der Waals surface area contributed by atoms with Gasteiger partial charge < -0.3 is 5.73 Å². The highest BCUT2D eigenvalue weighted by Crippen LogP contribution is 2.31. The minimum absolute atomic E-state index is 0.145. The minimum atomic E-state index is -4.81. The van der Waals surface area contributed by atoms with Crippen LogP contribution in [0.5, 0.6) is 0 Å². The SMILES string of the molecule is CC(c1ccc(S(=O)C(F)(F)F)cc1)N1CCc2nc(N)n(C(c3ccccc3)c3ccccc3)c(=O)c2C1. The summed E-state index contributed by atoms with van der Waals surface area (Å²) in [6.45, 7) is 2.84. The van der Waals surface area contributed by atoms with E-state index in [4.69, 9.17) is 5.73 Å². The summed E-state index contributed by atoms with van der Waals surface area (Å²) >= 11 is 0. The van der Waals surface area contributed by atoms with Gasteiger partial charge >= 0.3 is 5.51 Å². The molecule has 0 radical (unpaired) electrons. The number of benzene rings is 3. The number of fused-ring (bicyclic) bond motifs is 1. The Labute approximate surface area is 226 Å². The van der Waals surface area contributed by atoms with Gasteiger partial charge in [0, 0.05) is 30.4 Å². The zero-order chi connectivity index (χ0) is 27.7. The Kier molecular flexibility index (Phi) is 7.42. The van der Waals surface area contributed by atoms with E-state index in [-0.39, 0.29) is 22.4 Å². The Morgan fingerprint density at radius 2 is 1.46 bits per heavy atom. The molecule has 2 atom stereocenters. The van der Waals surface area contributed by atoms with Gasteiger partial charge in [0.2, 0.25) is 5.95 Å². The van der Waals surface area contributed by atoms with Crippen LogP contribution in [-0.4, -0.2) is 30.7 Å². The monoisotopic (exact) mass is 552 g/mol. The van der Waals surface area contributed by atoms with E-state index in [2.05, 4.69) is 9.88 Å². The second kappa shape index (κ2) is 10.8. The zero-order valence-corrected chi connectivity index (χ0v) is 22.0. The van der Waals surface area contributed by atoms with E-state index in [1.54, 1.807) is 16.7 Å². The summed E-state index contributed by atoms with van der Waals surface area (Å²) in [6, 6.07) is 24.2. The molecule has 202 valence electrons. The molecule has 1 aliphatic heterocycles. The van der Waals surface area contributed by atoms with Crippen LogP contribution in [0.2, 0.25) is 0 Å².